The van der Waals surface area contributed by atoms with Gasteiger partial charge in [0.2, 0.25) is 0 Å². The SMILES string of the molecule is O=C1Nc2cc(C(=O)O)ccc2S/C1=C/c1ccccc1Cl. The molecule has 0 saturated heterocycles. The zero-order chi connectivity index (χ0) is 15.7. The summed E-state index contributed by atoms with van der Waals surface area (Å²) in [7, 11) is 0. The Morgan fingerprint density at radius 1 is 1.23 bits per heavy atom. The van der Waals surface area contributed by atoms with Crippen LogP contribution in [0, 0.1) is 0 Å². The van der Waals surface area contributed by atoms with Crippen LogP contribution in [-0.4, -0.2) is 17.0 Å². The fourth-order valence-electron chi connectivity index (χ4n) is 2.03. The number of halogens is 1. The normalized spacial score (nSPS) is 15.3. The minimum Gasteiger partial charge on any atom is -0.478 e. The maximum atomic E-state index is 12.2. The molecule has 1 heterocycles. The van der Waals surface area contributed by atoms with Crippen molar-refractivity contribution in [2.45, 2.75) is 4.90 Å². The van der Waals surface area contributed by atoms with Crippen LogP contribution in [0.15, 0.2) is 52.3 Å². The third-order valence-electron chi connectivity index (χ3n) is 3.11. The largest absolute Gasteiger partial charge is 0.478 e. The lowest BCUT2D eigenvalue weighted by Gasteiger charge is -2.19. The first kappa shape index (κ1) is 14.7. The number of benzene rings is 2. The number of aromatic carboxylic acids is 1. The third kappa shape index (κ3) is 2.86. The van der Waals surface area contributed by atoms with Gasteiger partial charge in [-0.15, -0.1) is 0 Å². The summed E-state index contributed by atoms with van der Waals surface area (Å²) in [6.45, 7) is 0. The molecule has 3 rings (SSSR count). The first-order valence-corrected chi connectivity index (χ1v) is 7.57. The molecule has 2 aromatic carbocycles. The number of carbonyl (C=O) groups is 2. The first-order valence-electron chi connectivity index (χ1n) is 6.37. The summed E-state index contributed by atoms with van der Waals surface area (Å²) in [5, 5.41) is 12.3. The van der Waals surface area contributed by atoms with Crippen LogP contribution in [0.1, 0.15) is 15.9 Å². The van der Waals surface area contributed by atoms with E-state index in [4.69, 9.17) is 16.7 Å². The van der Waals surface area contributed by atoms with Crippen molar-refractivity contribution in [2.75, 3.05) is 5.32 Å². The summed E-state index contributed by atoms with van der Waals surface area (Å²) in [6.07, 6.45) is 1.72. The van der Waals surface area contributed by atoms with E-state index in [0.717, 1.165) is 10.5 Å². The molecule has 0 saturated carbocycles. The summed E-state index contributed by atoms with van der Waals surface area (Å²) >= 11 is 7.38. The molecule has 0 fully saturated rings. The predicted octanol–water partition coefficient (Wildman–Crippen LogP) is 4.12. The zero-order valence-corrected chi connectivity index (χ0v) is 12.7. The number of anilines is 1. The van der Waals surface area contributed by atoms with Gasteiger partial charge in [0.05, 0.1) is 16.2 Å². The summed E-state index contributed by atoms with van der Waals surface area (Å²) in [5.41, 5.74) is 1.40. The number of rotatable bonds is 2. The minimum absolute atomic E-state index is 0.137. The summed E-state index contributed by atoms with van der Waals surface area (Å²) in [4.78, 5) is 24.4. The summed E-state index contributed by atoms with van der Waals surface area (Å²) in [5.74, 6) is -1.31. The zero-order valence-electron chi connectivity index (χ0n) is 11.2. The van der Waals surface area contributed by atoms with Gasteiger partial charge in [0.15, 0.2) is 0 Å². The van der Waals surface area contributed by atoms with Crippen molar-refractivity contribution in [2.24, 2.45) is 0 Å². The van der Waals surface area contributed by atoms with E-state index in [-0.39, 0.29) is 11.5 Å². The number of amides is 1. The molecule has 0 atom stereocenters. The van der Waals surface area contributed by atoms with Crippen molar-refractivity contribution in [1.29, 1.82) is 0 Å². The van der Waals surface area contributed by atoms with Gasteiger partial charge in [0.25, 0.3) is 5.91 Å². The van der Waals surface area contributed by atoms with Gasteiger partial charge < -0.3 is 10.4 Å². The van der Waals surface area contributed by atoms with Crippen LogP contribution < -0.4 is 5.32 Å². The Balaban J connectivity index is 1.97. The first-order chi connectivity index (χ1) is 10.5. The number of thioether (sulfide) groups is 1. The Hall–Kier alpha value is -2.24. The Bertz CT molecular complexity index is 817. The van der Waals surface area contributed by atoms with Gasteiger partial charge in [-0.3, -0.25) is 4.79 Å². The third-order valence-corrected chi connectivity index (χ3v) is 4.55. The molecule has 2 N–H and O–H groups in total. The average molecular weight is 332 g/mol. The minimum atomic E-state index is -1.03. The van der Waals surface area contributed by atoms with E-state index in [1.807, 2.05) is 18.2 Å². The number of nitrogens with one attached hydrogen (secondary N) is 1. The smallest absolute Gasteiger partial charge is 0.335 e. The molecule has 0 unspecified atom stereocenters. The monoisotopic (exact) mass is 331 g/mol. The molecule has 1 aliphatic rings. The lowest BCUT2D eigenvalue weighted by Crippen LogP contribution is -2.17. The van der Waals surface area contributed by atoms with E-state index in [0.29, 0.717) is 15.6 Å². The van der Waals surface area contributed by atoms with E-state index >= 15 is 0 Å². The van der Waals surface area contributed by atoms with Crippen LogP contribution in [0.2, 0.25) is 5.02 Å². The molecule has 0 spiro atoms. The molecule has 0 radical (unpaired) electrons. The topological polar surface area (TPSA) is 66.4 Å². The second-order valence-corrected chi connectivity index (χ2v) is 6.09. The number of hydrogen-bond acceptors (Lipinski definition) is 3. The Morgan fingerprint density at radius 3 is 2.73 bits per heavy atom. The van der Waals surface area contributed by atoms with Gasteiger partial charge in [0.1, 0.15) is 0 Å². The van der Waals surface area contributed by atoms with Crippen molar-refractivity contribution in [1.82, 2.24) is 0 Å². The predicted molar refractivity (Wildman–Crippen MR) is 87.3 cm³/mol. The van der Waals surface area contributed by atoms with Crippen molar-refractivity contribution in [3.63, 3.8) is 0 Å². The summed E-state index contributed by atoms with van der Waals surface area (Å²) < 4.78 is 0. The maximum Gasteiger partial charge on any atom is 0.335 e. The Labute approximate surface area is 135 Å². The molecule has 22 heavy (non-hydrogen) atoms. The van der Waals surface area contributed by atoms with E-state index in [1.165, 1.54) is 23.9 Å². The van der Waals surface area contributed by atoms with Gasteiger partial charge in [0, 0.05) is 9.92 Å². The van der Waals surface area contributed by atoms with Crippen molar-refractivity contribution in [3.05, 3.63) is 63.5 Å². The molecule has 1 aliphatic heterocycles. The standard InChI is InChI=1S/C16H10ClNO3S/c17-11-4-2-1-3-9(11)8-14-15(19)18-12-7-10(16(20)21)5-6-13(12)22-14/h1-8H,(H,18,19)(H,20,21)/b14-8+. The van der Waals surface area contributed by atoms with Gasteiger partial charge in [-0.2, -0.15) is 0 Å². The molecule has 110 valence electrons. The average Bonchev–Trinajstić information content (AvgIpc) is 2.49. The molecule has 4 nitrogen and oxygen atoms in total. The van der Waals surface area contributed by atoms with E-state index < -0.39 is 5.97 Å². The quantitative estimate of drug-likeness (QED) is 0.812. The van der Waals surface area contributed by atoms with Gasteiger partial charge in [-0.25, -0.2) is 4.79 Å². The Morgan fingerprint density at radius 2 is 2.00 bits per heavy atom. The number of carboxylic acids is 1. The Kier molecular flexibility index (Phi) is 3.92. The van der Waals surface area contributed by atoms with E-state index in [1.54, 1.807) is 18.2 Å². The molecule has 0 aliphatic carbocycles. The van der Waals surface area contributed by atoms with Crippen molar-refractivity contribution >= 4 is 47.0 Å². The lowest BCUT2D eigenvalue weighted by molar-refractivity contribution is -0.112. The molecule has 2 aromatic rings. The highest BCUT2D eigenvalue weighted by Crippen LogP contribution is 2.39. The molecule has 6 heteroatoms. The number of carbonyl (C=O) groups excluding carboxylic acids is 1. The van der Waals surface area contributed by atoms with Gasteiger partial charge in [-0.05, 0) is 35.9 Å². The van der Waals surface area contributed by atoms with Crippen molar-refractivity contribution < 1.29 is 14.7 Å². The summed E-state index contributed by atoms with van der Waals surface area (Å²) in [6, 6.07) is 11.9. The highest BCUT2D eigenvalue weighted by molar-refractivity contribution is 8.04. The van der Waals surface area contributed by atoms with Crippen LogP contribution in [-0.2, 0) is 4.79 Å². The second-order valence-electron chi connectivity index (χ2n) is 4.60. The van der Waals surface area contributed by atoms with E-state index in [2.05, 4.69) is 5.32 Å². The lowest BCUT2D eigenvalue weighted by atomic mass is 10.2. The van der Waals surface area contributed by atoms with E-state index in [9.17, 15) is 9.59 Å². The number of hydrogen-bond donors (Lipinski definition) is 2. The maximum absolute atomic E-state index is 12.2. The fourth-order valence-corrected chi connectivity index (χ4v) is 3.14. The second kappa shape index (κ2) is 5.87. The van der Waals surface area contributed by atoms with Crippen molar-refractivity contribution in [3.8, 4) is 0 Å². The number of fused-ring (bicyclic) bond motifs is 1. The van der Waals surface area contributed by atoms with Gasteiger partial charge >= 0.3 is 5.97 Å². The fraction of sp³-hybridized carbons (Fsp3) is 0. The molecule has 0 bridgehead atoms. The molecule has 1 amide bonds. The molecular formula is C16H10ClNO3S. The van der Waals surface area contributed by atoms with Crippen LogP contribution in [0.25, 0.3) is 6.08 Å². The highest BCUT2D eigenvalue weighted by atomic mass is 35.5. The van der Waals surface area contributed by atoms with Crippen LogP contribution >= 0.6 is 23.4 Å². The van der Waals surface area contributed by atoms with Crippen LogP contribution in [0.5, 0.6) is 0 Å². The van der Waals surface area contributed by atoms with Crippen LogP contribution in [0.4, 0.5) is 5.69 Å². The van der Waals surface area contributed by atoms with Crippen LogP contribution in [0.3, 0.4) is 0 Å². The highest BCUT2D eigenvalue weighted by Gasteiger charge is 2.22. The van der Waals surface area contributed by atoms with Gasteiger partial charge in [-0.1, -0.05) is 41.6 Å². The molecule has 0 aromatic heterocycles. The number of carboxylic acid groups (broad SMARTS) is 1. The molecular weight excluding hydrogens is 322 g/mol.